The maximum atomic E-state index is 10.8. The summed E-state index contributed by atoms with van der Waals surface area (Å²) in [5, 5.41) is 32.0. The zero-order chi connectivity index (χ0) is 28.8. The fourth-order valence-electron chi connectivity index (χ4n) is 3.64. The van der Waals surface area contributed by atoms with Crippen LogP contribution in [0.4, 0.5) is 0 Å². The van der Waals surface area contributed by atoms with Crippen LogP contribution in [-0.2, 0) is 14.4 Å². The molecule has 0 saturated heterocycles. The van der Waals surface area contributed by atoms with Gasteiger partial charge in [-0.25, -0.2) is 0 Å². The van der Waals surface area contributed by atoms with Gasteiger partial charge in [-0.2, -0.15) is 0 Å². The van der Waals surface area contributed by atoms with Gasteiger partial charge in [0.2, 0.25) is 0 Å². The van der Waals surface area contributed by atoms with Crippen molar-refractivity contribution in [3.63, 3.8) is 0 Å². The van der Waals surface area contributed by atoms with Gasteiger partial charge in [0.1, 0.15) is 0 Å². The van der Waals surface area contributed by atoms with E-state index >= 15 is 0 Å². The van der Waals surface area contributed by atoms with E-state index in [1.807, 2.05) is 6.92 Å². The molecule has 0 fully saturated rings. The fourth-order valence-corrected chi connectivity index (χ4v) is 3.64. The first-order chi connectivity index (χ1) is 16.6. The van der Waals surface area contributed by atoms with Gasteiger partial charge in [0.25, 0.3) is 0 Å². The molecule has 7 heteroatoms. The SMILES string of the molecule is CCCCC(C)(CCC)C(=O)[O-].CCCCCCC(C)(C)C(=O)[O-].CCCCCCC(C)(C)C(=O)[O-].[Lu+3]. The van der Waals surface area contributed by atoms with Gasteiger partial charge in [0.15, 0.2) is 0 Å². The average molecular weight is 689 g/mol. The predicted octanol–water partition coefficient (Wildman–Crippen LogP) is 5.20. The Labute approximate surface area is 258 Å². The quantitative estimate of drug-likeness (QED) is 0.183. The van der Waals surface area contributed by atoms with Gasteiger partial charge < -0.3 is 29.7 Å². The molecule has 0 heterocycles. The average Bonchev–Trinajstić information content (AvgIpc) is 2.79. The van der Waals surface area contributed by atoms with Crippen LogP contribution in [-0.4, -0.2) is 17.9 Å². The summed E-state index contributed by atoms with van der Waals surface area (Å²) < 4.78 is 0. The number of carboxylic acid groups (broad SMARTS) is 3. The van der Waals surface area contributed by atoms with Gasteiger partial charge in [-0.15, -0.1) is 0 Å². The summed E-state index contributed by atoms with van der Waals surface area (Å²) in [6, 6.07) is 0. The molecule has 0 aromatic carbocycles. The number of aliphatic carboxylic acids is 3. The van der Waals surface area contributed by atoms with E-state index in [9.17, 15) is 29.7 Å². The summed E-state index contributed by atoms with van der Waals surface area (Å²) in [5.74, 6) is -2.75. The van der Waals surface area contributed by atoms with E-state index in [2.05, 4.69) is 20.8 Å². The first kappa shape index (κ1) is 43.7. The molecule has 0 radical (unpaired) electrons. The van der Waals surface area contributed by atoms with Crippen molar-refractivity contribution in [1.82, 2.24) is 0 Å². The molecular weight excluding hydrogens is 631 g/mol. The van der Waals surface area contributed by atoms with Crippen molar-refractivity contribution in [3.05, 3.63) is 0 Å². The zero-order valence-electron chi connectivity index (χ0n) is 25.3. The summed E-state index contributed by atoms with van der Waals surface area (Å²) in [6.07, 6.45) is 14.9. The Morgan fingerprint density at radius 2 is 0.811 bits per heavy atom. The van der Waals surface area contributed by atoms with Crippen molar-refractivity contribution in [2.45, 2.75) is 159 Å². The number of hydrogen-bond donors (Lipinski definition) is 0. The Kier molecular flexibility index (Phi) is 29.1. The van der Waals surface area contributed by atoms with E-state index in [0.717, 1.165) is 70.6 Å². The first-order valence-corrected chi connectivity index (χ1v) is 14.2. The number of carboxylic acids is 3. The van der Waals surface area contributed by atoms with Gasteiger partial charge >= 0.3 is 36.9 Å². The first-order valence-electron chi connectivity index (χ1n) is 14.2. The molecule has 0 saturated carbocycles. The maximum Gasteiger partial charge on any atom is 3.00 e. The zero-order valence-corrected chi connectivity index (χ0v) is 27.0. The molecule has 6 nitrogen and oxygen atoms in total. The van der Waals surface area contributed by atoms with Crippen LogP contribution in [0.5, 0.6) is 0 Å². The Morgan fingerprint density at radius 3 is 1.05 bits per heavy atom. The second-order valence-corrected chi connectivity index (χ2v) is 11.7. The van der Waals surface area contributed by atoms with Crippen molar-refractivity contribution in [3.8, 4) is 0 Å². The van der Waals surface area contributed by atoms with Crippen molar-refractivity contribution >= 4 is 17.9 Å². The number of unbranched alkanes of at least 4 members (excludes halogenated alkanes) is 7. The summed E-state index contributed by atoms with van der Waals surface area (Å²) in [5.41, 5.74) is -1.88. The van der Waals surface area contributed by atoms with Crippen LogP contribution in [0.3, 0.4) is 0 Å². The normalized spacial score (nSPS) is 12.6. The number of rotatable bonds is 18. The van der Waals surface area contributed by atoms with E-state index in [1.54, 1.807) is 34.6 Å². The van der Waals surface area contributed by atoms with E-state index in [0.29, 0.717) is 0 Å². The standard InChI is InChI=1S/3C10H20O2.Lu/c2*1-4-5-6-7-8-10(2,3)9(11)12;1-4-6-8-10(3,7-5-2)9(11)12;/h3*4-8H2,1-3H3,(H,11,12);/q;;;+3/p-3. The Balaban J connectivity index is -0.000000218. The van der Waals surface area contributed by atoms with Crippen LogP contribution < -0.4 is 15.3 Å². The molecule has 1 atom stereocenters. The molecule has 0 bridgehead atoms. The van der Waals surface area contributed by atoms with Gasteiger partial charge in [-0.05, 0) is 25.7 Å². The number of hydrogen-bond acceptors (Lipinski definition) is 6. The fraction of sp³-hybridized carbons (Fsp3) is 0.900. The molecule has 1 unspecified atom stereocenters. The molecule has 228 valence electrons. The molecule has 0 aliphatic heterocycles. The van der Waals surface area contributed by atoms with Gasteiger partial charge in [0, 0.05) is 34.2 Å². The summed E-state index contributed by atoms with van der Waals surface area (Å²) in [4.78, 5) is 32.0. The maximum absolute atomic E-state index is 10.8. The van der Waals surface area contributed by atoms with Crippen LogP contribution in [0.1, 0.15) is 159 Å². The van der Waals surface area contributed by atoms with Crippen LogP contribution in [0, 0.1) is 53.1 Å². The molecule has 0 amide bonds. The third kappa shape index (κ3) is 24.4. The Bertz CT molecular complexity index is 555. The summed E-state index contributed by atoms with van der Waals surface area (Å²) in [7, 11) is 0. The van der Waals surface area contributed by atoms with Crippen LogP contribution in [0.15, 0.2) is 0 Å². The number of carbonyl (C=O) groups excluding carboxylic acids is 3. The molecule has 0 aliphatic rings. The predicted molar refractivity (Wildman–Crippen MR) is 143 cm³/mol. The summed E-state index contributed by atoms with van der Waals surface area (Å²) in [6.45, 7) is 17.1. The van der Waals surface area contributed by atoms with Crippen LogP contribution in [0.25, 0.3) is 0 Å². The van der Waals surface area contributed by atoms with Crippen LogP contribution >= 0.6 is 0 Å². The molecule has 0 aliphatic carbocycles. The number of carbonyl (C=O) groups is 3. The van der Waals surface area contributed by atoms with Gasteiger partial charge in [0.05, 0.1) is 0 Å². The molecule has 0 aromatic heterocycles. The van der Waals surface area contributed by atoms with E-state index in [1.165, 1.54) is 25.7 Å². The molecule has 37 heavy (non-hydrogen) atoms. The van der Waals surface area contributed by atoms with Crippen molar-refractivity contribution < 1.29 is 66.6 Å². The summed E-state index contributed by atoms with van der Waals surface area (Å²) >= 11 is 0. The van der Waals surface area contributed by atoms with E-state index in [-0.39, 0.29) is 36.9 Å². The minimum absolute atomic E-state index is 0. The van der Waals surface area contributed by atoms with Gasteiger partial charge in [-0.1, -0.05) is 133 Å². The van der Waals surface area contributed by atoms with Crippen molar-refractivity contribution in [2.75, 3.05) is 0 Å². The molecule has 0 aromatic rings. The van der Waals surface area contributed by atoms with Crippen molar-refractivity contribution in [2.24, 2.45) is 16.2 Å². The minimum atomic E-state index is -0.931. The largest absolute Gasteiger partial charge is 3.00 e. The molecule has 0 rings (SSSR count). The Hall–Kier alpha value is -0.356. The second-order valence-electron chi connectivity index (χ2n) is 11.7. The molecule has 0 N–H and O–H groups in total. The van der Waals surface area contributed by atoms with Crippen molar-refractivity contribution in [1.29, 1.82) is 0 Å². The minimum Gasteiger partial charge on any atom is -0.550 e. The van der Waals surface area contributed by atoms with E-state index < -0.39 is 34.2 Å². The Morgan fingerprint density at radius 1 is 0.459 bits per heavy atom. The topological polar surface area (TPSA) is 120 Å². The molecular formula is C30H57LuO6. The third-order valence-electron chi connectivity index (χ3n) is 6.79. The van der Waals surface area contributed by atoms with Crippen LogP contribution in [0.2, 0.25) is 0 Å². The molecule has 0 spiro atoms. The van der Waals surface area contributed by atoms with Gasteiger partial charge in [-0.3, -0.25) is 0 Å². The van der Waals surface area contributed by atoms with E-state index in [4.69, 9.17) is 0 Å². The second kappa shape index (κ2) is 24.7. The third-order valence-corrected chi connectivity index (χ3v) is 6.79. The smallest absolute Gasteiger partial charge is 0.550 e. The monoisotopic (exact) mass is 688 g/mol.